The van der Waals surface area contributed by atoms with Gasteiger partial charge in [-0.1, -0.05) is 55.0 Å². The van der Waals surface area contributed by atoms with Crippen LogP contribution in [0.15, 0.2) is 115 Å². The summed E-state index contributed by atoms with van der Waals surface area (Å²) in [5.41, 5.74) is 3.46. The van der Waals surface area contributed by atoms with Crippen molar-refractivity contribution in [3.63, 3.8) is 0 Å². The fourth-order valence-corrected chi connectivity index (χ4v) is 4.95. The number of aldehydes is 2. The molecule has 12 heteroatoms. The van der Waals surface area contributed by atoms with Gasteiger partial charge in [0.1, 0.15) is 17.8 Å². The van der Waals surface area contributed by atoms with E-state index >= 15 is 0 Å². The van der Waals surface area contributed by atoms with E-state index in [1.807, 2.05) is 72.8 Å². The zero-order valence-electron chi connectivity index (χ0n) is 32.4. The van der Waals surface area contributed by atoms with Crippen LogP contribution < -0.4 is 18.9 Å². The summed E-state index contributed by atoms with van der Waals surface area (Å²) >= 11 is 0. The van der Waals surface area contributed by atoms with Crippen LogP contribution in [0.2, 0.25) is 0 Å². The van der Waals surface area contributed by atoms with Crippen molar-refractivity contribution >= 4 is 41.6 Å². The van der Waals surface area contributed by atoms with Gasteiger partial charge in [0.2, 0.25) is 0 Å². The maximum atomic E-state index is 12.3. The number of halogens is 3. The lowest BCUT2D eigenvalue weighted by Gasteiger charge is -2.09. The molecule has 58 heavy (non-hydrogen) atoms. The Labute approximate surface area is 335 Å². The Hall–Kier alpha value is -6.97. The first-order valence-corrected chi connectivity index (χ1v) is 17.5. The molecule has 5 aromatic carbocycles. The lowest BCUT2D eigenvalue weighted by Crippen LogP contribution is -2.10. The summed E-state index contributed by atoms with van der Waals surface area (Å²) in [6.07, 6.45) is 0.982. The van der Waals surface area contributed by atoms with Crippen molar-refractivity contribution < 1.29 is 51.2 Å². The van der Waals surface area contributed by atoms with Gasteiger partial charge in [0, 0.05) is 49.1 Å². The molecule has 0 unspecified atom stereocenters. The van der Waals surface area contributed by atoms with Crippen molar-refractivity contribution in [1.82, 2.24) is 0 Å². The van der Waals surface area contributed by atoms with Crippen molar-refractivity contribution in [2.45, 2.75) is 19.5 Å². The van der Waals surface area contributed by atoms with E-state index in [4.69, 9.17) is 29.1 Å². The standard InChI is InChI=1S/C27H23NO4.C15H16O3.C4H3F3O/c1-4-5-19-6-10-21(11-7-19)22-12-14-24(23(17-22)18-28)32-27(29)15-9-20-8-13-25(30-2)26(16-20)31-3;1-17-7-2-8-18-15-6-5-13-9-12(11-16)3-4-14(13)10-15;1-3(2-8)4(5,6)7/h6-18,28H,1-3H3;3-6,9-11H,2,7-8H2,1H3;2H,1H2/b15-9+,28-18?;;. The van der Waals surface area contributed by atoms with Gasteiger partial charge in [-0.3, -0.25) is 9.59 Å². The second-order valence-corrected chi connectivity index (χ2v) is 11.9. The van der Waals surface area contributed by atoms with Gasteiger partial charge in [0.25, 0.3) is 0 Å². The summed E-state index contributed by atoms with van der Waals surface area (Å²) in [7, 11) is 4.80. The summed E-state index contributed by atoms with van der Waals surface area (Å²) in [6.45, 7) is 5.60. The molecule has 1 N–H and O–H groups in total. The Morgan fingerprint density at radius 1 is 0.776 bits per heavy atom. The number of rotatable bonds is 14. The summed E-state index contributed by atoms with van der Waals surface area (Å²) in [5.74, 6) is 7.68. The Balaban J connectivity index is 0.000000288. The molecule has 0 aromatic heterocycles. The highest BCUT2D eigenvalue weighted by Crippen LogP contribution is 2.29. The van der Waals surface area contributed by atoms with Gasteiger partial charge >= 0.3 is 12.1 Å². The number of esters is 1. The molecule has 0 fully saturated rings. The maximum absolute atomic E-state index is 12.3. The second-order valence-electron chi connectivity index (χ2n) is 11.9. The number of alkyl halides is 3. The van der Waals surface area contributed by atoms with Crippen molar-refractivity contribution in [2.24, 2.45) is 0 Å². The number of nitrogens with one attached hydrogen (secondary N) is 1. The third kappa shape index (κ3) is 14.3. The molecule has 5 rings (SSSR count). The van der Waals surface area contributed by atoms with Crippen LogP contribution in [-0.2, 0) is 14.3 Å². The average Bonchev–Trinajstić information content (AvgIpc) is 3.24. The van der Waals surface area contributed by atoms with Crippen molar-refractivity contribution in [3.05, 3.63) is 138 Å². The van der Waals surface area contributed by atoms with Crippen LogP contribution in [0.1, 0.15) is 40.4 Å². The zero-order chi connectivity index (χ0) is 42.5. The van der Waals surface area contributed by atoms with Crippen LogP contribution in [0, 0.1) is 17.3 Å². The molecule has 0 radical (unpaired) electrons. The number of carbonyl (C=O) groups is 3. The van der Waals surface area contributed by atoms with Crippen molar-refractivity contribution in [3.8, 4) is 46.0 Å². The first kappa shape index (κ1) is 45.4. The molecule has 300 valence electrons. The highest BCUT2D eigenvalue weighted by atomic mass is 19.4. The fourth-order valence-electron chi connectivity index (χ4n) is 4.95. The van der Waals surface area contributed by atoms with Gasteiger partial charge in [-0.25, -0.2) is 4.79 Å². The molecule has 0 amide bonds. The van der Waals surface area contributed by atoms with Crippen LogP contribution in [0.4, 0.5) is 13.2 Å². The van der Waals surface area contributed by atoms with E-state index in [1.54, 1.807) is 58.6 Å². The second kappa shape index (κ2) is 23.2. The molecule has 0 spiro atoms. The minimum Gasteiger partial charge on any atom is -0.493 e. The van der Waals surface area contributed by atoms with E-state index in [9.17, 15) is 27.6 Å². The number of carbonyl (C=O) groups excluding carboxylic acids is 3. The van der Waals surface area contributed by atoms with Gasteiger partial charge in [-0.15, -0.1) is 5.92 Å². The summed E-state index contributed by atoms with van der Waals surface area (Å²) in [4.78, 5) is 32.3. The van der Waals surface area contributed by atoms with Crippen LogP contribution in [0.3, 0.4) is 0 Å². The van der Waals surface area contributed by atoms with Crippen LogP contribution in [0.5, 0.6) is 23.0 Å². The van der Waals surface area contributed by atoms with Crippen molar-refractivity contribution in [1.29, 1.82) is 5.41 Å². The molecular weight excluding hydrogens is 751 g/mol. The molecule has 0 aliphatic heterocycles. The molecule has 0 saturated heterocycles. The van der Waals surface area contributed by atoms with Crippen molar-refractivity contribution in [2.75, 3.05) is 34.5 Å². The summed E-state index contributed by atoms with van der Waals surface area (Å²) < 4.78 is 59.9. The first-order valence-electron chi connectivity index (χ1n) is 17.5. The van der Waals surface area contributed by atoms with Gasteiger partial charge in [-0.05, 0) is 95.1 Å². The highest BCUT2D eigenvalue weighted by Gasteiger charge is 2.31. The SMILES string of the molecule is C=C(C=O)C(F)(F)F.CC#Cc1ccc(-c2ccc(OC(=O)/C=C/c3ccc(OC)c(OC)c3)c(C=N)c2)cc1.COCCCOc1ccc2cc(C=O)ccc2c1. The monoisotopic (exact) mass is 793 g/mol. The maximum Gasteiger partial charge on any atom is 0.418 e. The quantitative estimate of drug-likeness (QED) is 0.0225. The average molecular weight is 794 g/mol. The predicted octanol–water partition coefficient (Wildman–Crippen LogP) is 9.73. The largest absolute Gasteiger partial charge is 0.493 e. The zero-order valence-corrected chi connectivity index (χ0v) is 32.4. The lowest BCUT2D eigenvalue weighted by molar-refractivity contribution is -0.129. The van der Waals surface area contributed by atoms with Gasteiger partial charge < -0.3 is 29.1 Å². The summed E-state index contributed by atoms with van der Waals surface area (Å²) in [5, 5.41) is 9.84. The third-order valence-corrected chi connectivity index (χ3v) is 7.92. The molecule has 0 aliphatic rings. The van der Waals surface area contributed by atoms with Gasteiger partial charge in [-0.2, -0.15) is 13.2 Å². The number of methoxy groups -OCH3 is 3. The Bertz CT molecular complexity index is 2290. The third-order valence-electron chi connectivity index (χ3n) is 7.92. The molecule has 9 nitrogen and oxygen atoms in total. The predicted molar refractivity (Wildman–Crippen MR) is 219 cm³/mol. The minimum absolute atomic E-state index is 0.319. The van der Waals surface area contributed by atoms with Crippen LogP contribution in [0.25, 0.3) is 28.0 Å². The Morgan fingerprint density at radius 2 is 1.43 bits per heavy atom. The van der Waals surface area contributed by atoms with E-state index in [0.717, 1.165) is 51.5 Å². The first-order chi connectivity index (χ1) is 27.9. The number of hydrogen-bond acceptors (Lipinski definition) is 9. The topological polar surface area (TPSA) is 121 Å². The molecule has 0 heterocycles. The highest BCUT2D eigenvalue weighted by molar-refractivity contribution is 5.92. The molecule has 5 aromatic rings. The van der Waals surface area contributed by atoms with Crippen LogP contribution in [-0.4, -0.2) is 65.5 Å². The fraction of sp³-hybridized carbons (Fsp3) is 0.174. The molecule has 0 saturated carbocycles. The Kier molecular flexibility index (Phi) is 18.2. The van der Waals surface area contributed by atoms with E-state index < -0.39 is 17.7 Å². The van der Waals surface area contributed by atoms with E-state index in [2.05, 4.69) is 18.4 Å². The van der Waals surface area contributed by atoms with Gasteiger partial charge in [0.05, 0.1) is 26.4 Å². The molecular formula is C46H42F3NO8. The molecule has 0 aliphatic carbocycles. The van der Waals surface area contributed by atoms with Crippen LogP contribution >= 0.6 is 0 Å². The molecule has 0 atom stereocenters. The normalized spacial score (nSPS) is 10.4. The number of benzene rings is 5. The summed E-state index contributed by atoms with van der Waals surface area (Å²) in [6, 6.07) is 30.0. The number of ether oxygens (including phenoxy) is 5. The van der Waals surface area contributed by atoms with Gasteiger partial charge in [0.15, 0.2) is 17.8 Å². The lowest BCUT2D eigenvalue weighted by atomic mass is 10.0. The smallest absolute Gasteiger partial charge is 0.418 e. The Morgan fingerprint density at radius 3 is 2.03 bits per heavy atom. The number of hydrogen-bond donors (Lipinski definition) is 1. The van der Waals surface area contributed by atoms with E-state index in [-0.39, 0.29) is 6.29 Å². The van der Waals surface area contributed by atoms with E-state index in [1.165, 1.54) is 12.3 Å². The number of fused-ring (bicyclic) bond motifs is 1. The number of allylic oxidation sites excluding steroid dienone is 1. The minimum atomic E-state index is -4.55. The molecule has 0 bridgehead atoms. The van der Waals surface area contributed by atoms with E-state index in [0.29, 0.717) is 41.6 Å².